The van der Waals surface area contributed by atoms with E-state index in [2.05, 4.69) is 46.0 Å². The molecule has 1 unspecified atom stereocenters. The summed E-state index contributed by atoms with van der Waals surface area (Å²) in [5, 5.41) is 1.16. The number of anilines is 1. The maximum atomic E-state index is 5.47. The molecule has 3 rings (SSSR count). The molecule has 0 amide bonds. The molecule has 1 aromatic heterocycles. The van der Waals surface area contributed by atoms with E-state index >= 15 is 0 Å². The van der Waals surface area contributed by atoms with Crippen LogP contribution in [-0.4, -0.2) is 30.8 Å². The van der Waals surface area contributed by atoms with Crippen molar-refractivity contribution in [1.29, 1.82) is 0 Å². The van der Waals surface area contributed by atoms with E-state index in [1.165, 1.54) is 0 Å². The van der Waals surface area contributed by atoms with Gasteiger partial charge in [0, 0.05) is 16.4 Å². The summed E-state index contributed by atoms with van der Waals surface area (Å²) in [6.07, 6.45) is 0. The van der Waals surface area contributed by atoms with E-state index in [1.54, 1.807) is 0 Å². The summed E-state index contributed by atoms with van der Waals surface area (Å²) in [7, 11) is 0. The topological polar surface area (TPSA) is 25.4 Å². The van der Waals surface area contributed by atoms with Crippen molar-refractivity contribution in [2.75, 3.05) is 24.7 Å². The van der Waals surface area contributed by atoms with Gasteiger partial charge in [-0.2, -0.15) is 0 Å². The molecule has 0 radical (unpaired) electrons. The summed E-state index contributed by atoms with van der Waals surface area (Å²) in [6.45, 7) is 4.63. The Labute approximate surface area is 115 Å². The number of pyridine rings is 1. The van der Waals surface area contributed by atoms with Gasteiger partial charge in [0.1, 0.15) is 5.82 Å². The number of rotatable bonds is 1. The lowest BCUT2D eigenvalue weighted by atomic mass is 10.2. The van der Waals surface area contributed by atoms with E-state index in [0.29, 0.717) is 6.04 Å². The maximum absolute atomic E-state index is 5.47. The van der Waals surface area contributed by atoms with Gasteiger partial charge in [-0.25, -0.2) is 4.98 Å². The van der Waals surface area contributed by atoms with Crippen molar-refractivity contribution in [3.05, 3.63) is 34.8 Å². The van der Waals surface area contributed by atoms with Crippen LogP contribution in [0.1, 0.15) is 6.92 Å². The fourth-order valence-corrected chi connectivity index (χ4v) is 2.80. The number of para-hydroxylation sites is 1. The van der Waals surface area contributed by atoms with Crippen LogP contribution in [0.3, 0.4) is 0 Å². The Morgan fingerprint density at radius 3 is 3.06 bits per heavy atom. The van der Waals surface area contributed by atoms with Crippen molar-refractivity contribution in [1.82, 2.24) is 4.98 Å². The lowest BCUT2D eigenvalue weighted by Gasteiger charge is -2.34. The Morgan fingerprint density at radius 1 is 1.33 bits per heavy atom. The molecule has 94 valence electrons. The number of ether oxygens (including phenoxy) is 1. The Hall–Kier alpha value is -1.13. The van der Waals surface area contributed by atoms with Crippen molar-refractivity contribution >= 4 is 32.7 Å². The second kappa shape index (κ2) is 4.86. The van der Waals surface area contributed by atoms with E-state index < -0.39 is 0 Å². The number of fused-ring (bicyclic) bond motifs is 1. The van der Waals surface area contributed by atoms with Gasteiger partial charge in [-0.15, -0.1) is 0 Å². The van der Waals surface area contributed by atoms with Crippen molar-refractivity contribution in [2.45, 2.75) is 13.0 Å². The van der Waals surface area contributed by atoms with E-state index in [1.807, 2.05) is 12.1 Å². The molecular weight excluding hydrogens is 292 g/mol. The summed E-state index contributed by atoms with van der Waals surface area (Å²) in [5.41, 5.74) is 1.02. The highest BCUT2D eigenvalue weighted by molar-refractivity contribution is 9.10. The summed E-state index contributed by atoms with van der Waals surface area (Å²) < 4.78 is 6.51. The third-order valence-corrected chi connectivity index (χ3v) is 3.96. The first-order valence-electron chi connectivity index (χ1n) is 6.15. The predicted octanol–water partition coefficient (Wildman–Crippen LogP) is 3.22. The van der Waals surface area contributed by atoms with Gasteiger partial charge in [-0.3, -0.25) is 0 Å². The summed E-state index contributed by atoms with van der Waals surface area (Å²) in [6, 6.07) is 10.7. The number of morpholine rings is 1. The van der Waals surface area contributed by atoms with Crippen LogP contribution < -0.4 is 4.90 Å². The minimum Gasteiger partial charge on any atom is -0.377 e. The fraction of sp³-hybridized carbons (Fsp3) is 0.357. The second-order valence-electron chi connectivity index (χ2n) is 4.60. The molecule has 0 spiro atoms. The largest absolute Gasteiger partial charge is 0.377 e. The molecule has 2 heterocycles. The molecule has 0 saturated carbocycles. The van der Waals surface area contributed by atoms with Crippen molar-refractivity contribution < 1.29 is 4.74 Å². The fourth-order valence-electron chi connectivity index (χ4n) is 2.33. The number of aromatic nitrogens is 1. The molecule has 1 aliphatic rings. The molecule has 1 aromatic carbocycles. The van der Waals surface area contributed by atoms with Crippen LogP contribution in [0.2, 0.25) is 0 Å². The molecule has 2 aromatic rings. The minimum absolute atomic E-state index is 0.381. The zero-order valence-corrected chi connectivity index (χ0v) is 11.9. The normalized spacial score (nSPS) is 20.3. The molecule has 0 aliphatic carbocycles. The van der Waals surface area contributed by atoms with E-state index in [0.717, 1.165) is 41.0 Å². The molecule has 3 nitrogen and oxygen atoms in total. The molecule has 4 heteroatoms. The molecular formula is C14H15BrN2O. The maximum Gasteiger partial charge on any atom is 0.129 e. The summed E-state index contributed by atoms with van der Waals surface area (Å²) in [4.78, 5) is 7.08. The van der Waals surface area contributed by atoms with Crippen LogP contribution in [0, 0.1) is 0 Å². The van der Waals surface area contributed by atoms with Crippen LogP contribution in [0.5, 0.6) is 0 Å². The molecule has 1 atom stereocenters. The first-order valence-corrected chi connectivity index (χ1v) is 6.94. The van der Waals surface area contributed by atoms with Gasteiger partial charge in [0.15, 0.2) is 0 Å². The zero-order valence-electron chi connectivity index (χ0n) is 10.3. The van der Waals surface area contributed by atoms with Gasteiger partial charge in [0.05, 0.1) is 24.8 Å². The molecule has 0 N–H and O–H groups in total. The lowest BCUT2D eigenvalue weighted by molar-refractivity contribution is 0.0986. The first-order chi connectivity index (χ1) is 8.75. The van der Waals surface area contributed by atoms with E-state index in [-0.39, 0.29) is 0 Å². The lowest BCUT2D eigenvalue weighted by Crippen LogP contribution is -2.44. The Morgan fingerprint density at radius 2 is 2.22 bits per heavy atom. The molecule has 0 bridgehead atoms. The third-order valence-electron chi connectivity index (χ3n) is 3.32. The van der Waals surface area contributed by atoms with Gasteiger partial charge in [-0.1, -0.05) is 12.1 Å². The number of hydrogen-bond donors (Lipinski definition) is 0. The molecule has 1 aliphatic heterocycles. The summed E-state index contributed by atoms with van der Waals surface area (Å²) >= 11 is 3.56. The van der Waals surface area contributed by atoms with Gasteiger partial charge < -0.3 is 9.64 Å². The Kier molecular flexibility index (Phi) is 3.22. The minimum atomic E-state index is 0.381. The number of halogens is 1. The highest BCUT2D eigenvalue weighted by atomic mass is 79.9. The average Bonchev–Trinajstić information content (AvgIpc) is 2.40. The molecule has 1 saturated heterocycles. The highest BCUT2D eigenvalue weighted by Gasteiger charge is 2.20. The van der Waals surface area contributed by atoms with Gasteiger partial charge in [0.25, 0.3) is 0 Å². The predicted molar refractivity (Wildman–Crippen MR) is 77.1 cm³/mol. The molecule has 1 fully saturated rings. The Balaban J connectivity index is 2.04. The Bertz CT molecular complexity index is 573. The average molecular weight is 307 g/mol. The standard InChI is InChI=1S/C14H15BrN2O/c1-10-9-18-8-7-17(10)13-6-5-11-3-2-4-12(15)14(11)16-13/h2-6,10H,7-9H2,1H3. The van der Waals surface area contributed by atoms with Crippen LogP contribution in [0.15, 0.2) is 34.8 Å². The quantitative estimate of drug-likeness (QED) is 0.809. The number of nitrogens with zero attached hydrogens (tertiary/aromatic N) is 2. The van der Waals surface area contributed by atoms with Gasteiger partial charge in [-0.05, 0) is 41.1 Å². The zero-order chi connectivity index (χ0) is 12.5. The molecule has 18 heavy (non-hydrogen) atoms. The van der Waals surface area contributed by atoms with E-state index in [9.17, 15) is 0 Å². The van der Waals surface area contributed by atoms with Gasteiger partial charge in [0.2, 0.25) is 0 Å². The third kappa shape index (κ3) is 2.10. The van der Waals surface area contributed by atoms with Crippen LogP contribution in [0.25, 0.3) is 10.9 Å². The highest BCUT2D eigenvalue weighted by Crippen LogP contribution is 2.26. The van der Waals surface area contributed by atoms with Gasteiger partial charge >= 0.3 is 0 Å². The van der Waals surface area contributed by atoms with E-state index in [4.69, 9.17) is 9.72 Å². The van der Waals surface area contributed by atoms with Crippen molar-refractivity contribution in [3.8, 4) is 0 Å². The van der Waals surface area contributed by atoms with Crippen LogP contribution >= 0.6 is 15.9 Å². The second-order valence-corrected chi connectivity index (χ2v) is 5.45. The van der Waals surface area contributed by atoms with Crippen molar-refractivity contribution in [2.24, 2.45) is 0 Å². The smallest absolute Gasteiger partial charge is 0.129 e. The number of benzene rings is 1. The monoisotopic (exact) mass is 306 g/mol. The number of hydrogen-bond acceptors (Lipinski definition) is 3. The first kappa shape index (κ1) is 11.9. The van der Waals surface area contributed by atoms with Crippen LogP contribution in [-0.2, 0) is 4.74 Å². The SMILES string of the molecule is CC1COCCN1c1ccc2cccc(Br)c2n1. The van der Waals surface area contributed by atoms with Crippen LogP contribution in [0.4, 0.5) is 5.82 Å². The van der Waals surface area contributed by atoms with Crippen molar-refractivity contribution in [3.63, 3.8) is 0 Å². The summed E-state index contributed by atoms with van der Waals surface area (Å²) in [5.74, 6) is 1.03.